The molecular weight excluding hydrogens is 268 g/mol. The van der Waals surface area contributed by atoms with Gasteiger partial charge in [0.25, 0.3) is 0 Å². The van der Waals surface area contributed by atoms with E-state index in [0.29, 0.717) is 17.9 Å². The maximum atomic E-state index is 12.6. The van der Waals surface area contributed by atoms with Gasteiger partial charge in [0.05, 0.1) is 19.2 Å². The molecule has 114 valence electrons. The van der Waals surface area contributed by atoms with Gasteiger partial charge in [-0.15, -0.1) is 0 Å². The first kappa shape index (κ1) is 15.4. The molecular formula is C16H22N2O3. The largest absolute Gasteiger partial charge is 0.482 e. The van der Waals surface area contributed by atoms with E-state index in [1.54, 1.807) is 0 Å². The Labute approximate surface area is 124 Å². The lowest BCUT2D eigenvalue weighted by Crippen LogP contribution is -2.36. The average molecular weight is 290 g/mol. The summed E-state index contributed by atoms with van der Waals surface area (Å²) >= 11 is 0. The number of hydrogen-bond acceptors (Lipinski definition) is 3. The van der Waals surface area contributed by atoms with E-state index >= 15 is 0 Å². The van der Waals surface area contributed by atoms with Crippen LogP contribution in [0.3, 0.4) is 0 Å². The van der Waals surface area contributed by atoms with E-state index in [1.807, 2.05) is 33.8 Å². The first-order valence-corrected chi connectivity index (χ1v) is 7.01. The number of aromatic amines is 1. The highest BCUT2D eigenvalue weighted by molar-refractivity contribution is 5.81. The van der Waals surface area contributed by atoms with Gasteiger partial charge in [0, 0.05) is 16.7 Å². The summed E-state index contributed by atoms with van der Waals surface area (Å²) in [5.41, 5.74) is 2.61. The quantitative estimate of drug-likeness (QED) is 0.894. The molecule has 1 aliphatic carbocycles. The molecule has 0 unspecified atom stereocenters. The summed E-state index contributed by atoms with van der Waals surface area (Å²) in [5, 5.41) is 2.80. The van der Waals surface area contributed by atoms with Crippen molar-refractivity contribution >= 4 is 12.0 Å². The number of amides is 1. The standard InChI is InChI=1S/C16H22N2O3/c1-9-6-10-12(7-9)18-14(21-5)11(13(10)19)8-17-15(20)16(2,3)4/h7H,6,8H2,1-5H3,(H,17,20)(H,18,19). The Kier molecular flexibility index (Phi) is 3.94. The third-order valence-corrected chi connectivity index (χ3v) is 3.55. The van der Waals surface area contributed by atoms with Crippen molar-refractivity contribution in [1.29, 1.82) is 0 Å². The molecule has 0 radical (unpaired) electrons. The van der Waals surface area contributed by atoms with Crippen LogP contribution in [-0.2, 0) is 17.8 Å². The van der Waals surface area contributed by atoms with Crippen LogP contribution >= 0.6 is 0 Å². The van der Waals surface area contributed by atoms with Crippen LogP contribution in [0.25, 0.3) is 6.08 Å². The lowest BCUT2D eigenvalue weighted by molar-refractivity contribution is -0.128. The van der Waals surface area contributed by atoms with Gasteiger partial charge in [-0.1, -0.05) is 26.3 Å². The second kappa shape index (κ2) is 5.39. The van der Waals surface area contributed by atoms with Crippen LogP contribution in [-0.4, -0.2) is 18.0 Å². The maximum Gasteiger partial charge on any atom is 0.225 e. The minimum Gasteiger partial charge on any atom is -0.482 e. The fourth-order valence-electron chi connectivity index (χ4n) is 2.32. The number of carbonyl (C=O) groups excluding carboxylic acids is 1. The Morgan fingerprint density at radius 1 is 1.43 bits per heavy atom. The van der Waals surface area contributed by atoms with E-state index in [0.717, 1.165) is 16.8 Å². The van der Waals surface area contributed by atoms with Crippen molar-refractivity contribution in [2.45, 2.75) is 40.7 Å². The minimum absolute atomic E-state index is 0.0529. The lowest BCUT2D eigenvalue weighted by atomic mass is 9.95. The number of pyridine rings is 1. The minimum atomic E-state index is -0.491. The first-order valence-electron chi connectivity index (χ1n) is 7.01. The topological polar surface area (TPSA) is 71.2 Å². The van der Waals surface area contributed by atoms with Gasteiger partial charge in [-0.2, -0.15) is 0 Å². The van der Waals surface area contributed by atoms with Gasteiger partial charge in [0.1, 0.15) is 0 Å². The van der Waals surface area contributed by atoms with Crippen molar-refractivity contribution in [1.82, 2.24) is 10.3 Å². The number of fused-ring (bicyclic) bond motifs is 1. The fraction of sp³-hybridized carbons (Fsp3) is 0.500. The van der Waals surface area contributed by atoms with Crippen molar-refractivity contribution in [3.05, 3.63) is 32.6 Å². The van der Waals surface area contributed by atoms with E-state index in [9.17, 15) is 9.59 Å². The van der Waals surface area contributed by atoms with Gasteiger partial charge in [-0.05, 0) is 19.4 Å². The smallest absolute Gasteiger partial charge is 0.225 e. The van der Waals surface area contributed by atoms with Crippen molar-refractivity contribution in [3.63, 3.8) is 0 Å². The third-order valence-electron chi connectivity index (χ3n) is 3.55. The highest BCUT2D eigenvalue weighted by Crippen LogP contribution is 2.24. The van der Waals surface area contributed by atoms with Crippen LogP contribution in [0, 0.1) is 5.41 Å². The van der Waals surface area contributed by atoms with E-state index in [4.69, 9.17) is 4.74 Å². The number of allylic oxidation sites excluding steroid dienone is 1. The van der Waals surface area contributed by atoms with Crippen LogP contribution in [0.15, 0.2) is 10.4 Å². The number of ether oxygens (including phenoxy) is 1. The van der Waals surface area contributed by atoms with Crippen LogP contribution < -0.4 is 15.5 Å². The van der Waals surface area contributed by atoms with E-state index in [2.05, 4.69) is 10.3 Å². The Hall–Kier alpha value is -2.04. The van der Waals surface area contributed by atoms with E-state index in [1.165, 1.54) is 7.11 Å². The molecule has 0 bridgehead atoms. The molecule has 1 aromatic heterocycles. The molecule has 0 saturated heterocycles. The van der Waals surface area contributed by atoms with Gasteiger partial charge in [0.2, 0.25) is 5.91 Å². The number of nitrogens with one attached hydrogen (secondary N) is 2. The van der Waals surface area contributed by atoms with Crippen LogP contribution in [0.2, 0.25) is 0 Å². The number of rotatable bonds is 3. The molecule has 0 aromatic carbocycles. The molecule has 21 heavy (non-hydrogen) atoms. The predicted octanol–water partition coefficient (Wildman–Crippen LogP) is 2.01. The zero-order valence-electron chi connectivity index (χ0n) is 13.2. The molecule has 1 heterocycles. The predicted molar refractivity (Wildman–Crippen MR) is 82.3 cm³/mol. The van der Waals surface area contributed by atoms with E-state index < -0.39 is 5.41 Å². The molecule has 0 saturated carbocycles. The van der Waals surface area contributed by atoms with Crippen LogP contribution in [0.1, 0.15) is 44.5 Å². The number of hydrogen-bond donors (Lipinski definition) is 2. The summed E-state index contributed by atoms with van der Waals surface area (Å²) in [6, 6.07) is 0. The van der Waals surface area contributed by atoms with Gasteiger partial charge in [0.15, 0.2) is 11.3 Å². The Morgan fingerprint density at radius 3 is 2.67 bits per heavy atom. The van der Waals surface area contributed by atoms with Crippen molar-refractivity contribution < 1.29 is 9.53 Å². The second-order valence-electron chi connectivity index (χ2n) is 6.46. The number of H-pyrrole nitrogens is 1. The normalized spacial score (nSPS) is 13.7. The molecule has 1 aliphatic rings. The van der Waals surface area contributed by atoms with Gasteiger partial charge < -0.3 is 15.0 Å². The van der Waals surface area contributed by atoms with E-state index in [-0.39, 0.29) is 17.9 Å². The Morgan fingerprint density at radius 2 is 2.10 bits per heavy atom. The zero-order chi connectivity index (χ0) is 15.8. The molecule has 0 atom stereocenters. The number of carbonyl (C=O) groups is 1. The van der Waals surface area contributed by atoms with Gasteiger partial charge in [-0.25, -0.2) is 0 Å². The highest BCUT2D eigenvalue weighted by Gasteiger charge is 2.24. The Balaban J connectivity index is 2.32. The molecule has 2 rings (SSSR count). The Bertz CT molecular complexity index is 663. The second-order valence-corrected chi connectivity index (χ2v) is 6.46. The average Bonchev–Trinajstić information content (AvgIpc) is 2.76. The monoisotopic (exact) mass is 290 g/mol. The molecule has 1 amide bonds. The number of methoxy groups -OCH3 is 1. The molecule has 0 spiro atoms. The van der Waals surface area contributed by atoms with Crippen molar-refractivity contribution in [3.8, 4) is 5.88 Å². The molecule has 1 aromatic rings. The summed E-state index contributed by atoms with van der Waals surface area (Å²) in [6.45, 7) is 7.65. The summed E-state index contributed by atoms with van der Waals surface area (Å²) in [6.07, 6.45) is 2.60. The lowest BCUT2D eigenvalue weighted by Gasteiger charge is -2.18. The van der Waals surface area contributed by atoms with Gasteiger partial charge in [-0.3, -0.25) is 9.59 Å². The first-order chi connectivity index (χ1) is 9.74. The molecule has 0 aliphatic heterocycles. The van der Waals surface area contributed by atoms with Crippen LogP contribution in [0.5, 0.6) is 5.88 Å². The summed E-state index contributed by atoms with van der Waals surface area (Å²) in [4.78, 5) is 27.7. The summed E-state index contributed by atoms with van der Waals surface area (Å²) < 4.78 is 5.27. The van der Waals surface area contributed by atoms with Crippen molar-refractivity contribution in [2.75, 3.05) is 7.11 Å². The van der Waals surface area contributed by atoms with Gasteiger partial charge >= 0.3 is 0 Å². The fourth-order valence-corrected chi connectivity index (χ4v) is 2.32. The maximum absolute atomic E-state index is 12.6. The molecule has 5 heteroatoms. The molecule has 2 N–H and O–H groups in total. The molecule has 5 nitrogen and oxygen atoms in total. The van der Waals surface area contributed by atoms with Crippen LogP contribution in [0.4, 0.5) is 0 Å². The SMILES string of the molecule is COc1[nH]c2c(c(=O)c1CNC(=O)C(C)(C)C)CC(C)=C2. The molecule has 0 fully saturated rings. The number of aromatic nitrogens is 1. The highest BCUT2D eigenvalue weighted by atomic mass is 16.5. The summed E-state index contributed by atoms with van der Waals surface area (Å²) in [7, 11) is 1.51. The zero-order valence-corrected chi connectivity index (χ0v) is 13.2. The third kappa shape index (κ3) is 3.01. The summed E-state index contributed by atoms with van der Waals surface area (Å²) in [5.74, 6) is 0.317. The van der Waals surface area contributed by atoms with Crippen molar-refractivity contribution in [2.24, 2.45) is 5.41 Å².